The lowest BCUT2D eigenvalue weighted by Gasteiger charge is -2.03. The Labute approximate surface area is 165 Å². The maximum absolute atomic E-state index is 11.6. The molecule has 0 atom stereocenters. The number of ether oxygens (including phenoxy) is 1. The van der Waals surface area contributed by atoms with Crippen LogP contribution in [0.1, 0.15) is 120 Å². The second-order valence-corrected chi connectivity index (χ2v) is 7.44. The predicted octanol–water partition coefficient (Wildman–Crippen LogP) is 7.22. The van der Waals surface area contributed by atoms with E-state index in [1.165, 1.54) is 89.4 Å². The lowest BCUT2D eigenvalue weighted by molar-refractivity contribution is -0.138. The van der Waals surface area contributed by atoms with Crippen molar-refractivity contribution in [3.63, 3.8) is 0 Å². The van der Waals surface area contributed by atoms with Crippen molar-refractivity contribution in [1.82, 2.24) is 0 Å². The predicted molar refractivity (Wildman–Crippen MR) is 109 cm³/mol. The maximum atomic E-state index is 11.6. The van der Waals surface area contributed by atoms with Gasteiger partial charge in [0.15, 0.2) is 0 Å². The highest BCUT2D eigenvalue weighted by Gasteiger charge is 2.14. The fourth-order valence-corrected chi connectivity index (χ4v) is 3.24. The minimum absolute atomic E-state index is 0.0693. The summed E-state index contributed by atoms with van der Waals surface area (Å²) in [7, 11) is 0. The topological polar surface area (TPSA) is 56.5 Å². The van der Waals surface area contributed by atoms with Crippen LogP contribution < -0.4 is 0 Å². The largest absolute Gasteiger partial charge is 0.457 e. The molecule has 1 aromatic rings. The van der Waals surface area contributed by atoms with Gasteiger partial charge in [-0.3, -0.25) is 4.79 Å². The zero-order valence-electron chi connectivity index (χ0n) is 17.2. The molecule has 4 nitrogen and oxygen atoms in total. The van der Waals surface area contributed by atoms with Crippen LogP contribution in [0.15, 0.2) is 22.8 Å². The van der Waals surface area contributed by atoms with Crippen LogP contribution in [0.3, 0.4) is 0 Å². The molecule has 27 heavy (non-hydrogen) atoms. The Morgan fingerprint density at radius 1 is 0.778 bits per heavy atom. The molecule has 0 aromatic carbocycles. The minimum Gasteiger partial charge on any atom is -0.457 e. The van der Waals surface area contributed by atoms with Crippen molar-refractivity contribution in [2.24, 2.45) is 0 Å². The van der Waals surface area contributed by atoms with Gasteiger partial charge in [0.2, 0.25) is 5.76 Å². The van der Waals surface area contributed by atoms with Gasteiger partial charge in [0.25, 0.3) is 0 Å². The van der Waals surface area contributed by atoms with E-state index < -0.39 is 11.9 Å². The third-order valence-corrected chi connectivity index (χ3v) is 4.91. The Morgan fingerprint density at radius 3 is 1.70 bits per heavy atom. The normalized spacial score (nSPS) is 10.9. The van der Waals surface area contributed by atoms with Crippen molar-refractivity contribution in [2.75, 3.05) is 0 Å². The van der Waals surface area contributed by atoms with Crippen LogP contribution in [-0.4, -0.2) is 11.9 Å². The summed E-state index contributed by atoms with van der Waals surface area (Å²) in [4.78, 5) is 23.1. The molecule has 154 valence electrons. The van der Waals surface area contributed by atoms with Crippen molar-refractivity contribution >= 4 is 11.9 Å². The molecule has 0 saturated heterocycles. The van der Waals surface area contributed by atoms with E-state index in [2.05, 4.69) is 6.92 Å². The van der Waals surface area contributed by atoms with E-state index in [4.69, 9.17) is 9.15 Å². The summed E-state index contributed by atoms with van der Waals surface area (Å²) in [5, 5.41) is 0. The summed E-state index contributed by atoms with van der Waals surface area (Å²) in [6.07, 6.45) is 21.0. The molecule has 0 aliphatic heterocycles. The van der Waals surface area contributed by atoms with Crippen molar-refractivity contribution in [3.05, 3.63) is 24.2 Å². The van der Waals surface area contributed by atoms with Gasteiger partial charge in [-0.15, -0.1) is 0 Å². The molecule has 0 N–H and O–H groups in total. The standard InChI is InChI=1S/C23H38O4/c1-2-3-4-5-6-7-8-9-10-11-12-13-14-15-16-19-22(24)27-23(25)21-18-17-20-26-21/h17-18,20H,2-16,19H2,1H3. The summed E-state index contributed by atoms with van der Waals surface area (Å²) in [5.74, 6) is -1.10. The van der Waals surface area contributed by atoms with Crippen LogP contribution in [-0.2, 0) is 9.53 Å². The van der Waals surface area contributed by atoms with Gasteiger partial charge in [0, 0.05) is 6.42 Å². The van der Waals surface area contributed by atoms with Gasteiger partial charge in [-0.05, 0) is 18.6 Å². The Kier molecular flexibility index (Phi) is 14.4. The summed E-state index contributed by atoms with van der Waals surface area (Å²) in [6, 6.07) is 3.08. The average Bonchev–Trinajstić information content (AvgIpc) is 3.20. The first-order valence-electron chi connectivity index (χ1n) is 11.0. The van der Waals surface area contributed by atoms with Crippen LogP contribution in [0, 0.1) is 0 Å². The highest BCUT2D eigenvalue weighted by molar-refractivity contribution is 5.94. The first kappa shape index (κ1) is 23.5. The third-order valence-electron chi connectivity index (χ3n) is 4.91. The molecule has 0 saturated carbocycles. The summed E-state index contributed by atoms with van der Waals surface area (Å²) in [5.41, 5.74) is 0. The van der Waals surface area contributed by atoms with Crippen LogP contribution in [0.2, 0.25) is 0 Å². The van der Waals surface area contributed by atoms with Crippen molar-refractivity contribution in [2.45, 2.75) is 110 Å². The number of rotatable bonds is 17. The van der Waals surface area contributed by atoms with E-state index in [0.717, 1.165) is 19.3 Å². The second kappa shape index (κ2) is 16.6. The average molecular weight is 379 g/mol. The number of carbonyl (C=O) groups excluding carboxylic acids is 2. The summed E-state index contributed by atoms with van der Waals surface area (Å²) >= 11 is 0. The van der Waals surface area contributed by atoms with E-state index in [9.17, 15) is 9.59 Å². The van der Waals surface area contributed by atoms with E-state index >= 15 is 0 Å². The first-order chi connectivity index (χ1) is 13.2. The number of hydrogen-bond acceptors (Lipinski definition) is 4. The van der Waals surface area contributed by atoms with Gasteiger partial charge >= 0.3 is 11.9 Å². The Balaban J connectivity index is 1.80. The van der Waals surface area contributed by atoms with Crippen LogP contribution in [0.5, 0.6) is 0 Å². The fraction of sp³-hybridized carbons (Fsp3) is 0.739. The molecule has 0 unspecified atom stereocenters. The van der Waals surface area contributed by atoms with Crippen molar-refractivity contribution in [1.29, 1.82) is 0 Å². The summed E-state index contributed by atoms with van der Waals surface area (Å²) < 4.78 is 9.64. The van der Waals surface area contributed by atoms with E-state index in [1.54, 1.807) is 6.07 Å². The Hall–Kier alpha value is -1.58. The maximum Gasteiger partial charge on any atom is 0.381 e. The molecule has 1 aromatic heterocycles. The van der Waals surface area contributed by atoms with Crippen LogP contribution in [0.4, 0.5) is 0 Å². The molecule has 4 heteroatoms. The number of hydrogen-bond donors (Lipinski definition) is 0. The second-order valence-electron chi connectivity index (χ2n) is 7.44. The van der Waals surface area contributed by atoms with E-state index in [-0.39, 0.29) is 5.76 Å². The fourth-order valence-electron chi connectivity index (χ4n) is 3.24. The van der Waals surface area contributed by atoms with Gasteiger partial charge < -0.3 is 9.15 Å². The molecule has 0 spiro atoms. The molecule has 0 bridgehead atoms. The van der Waals surface area contributed by atoms with Gasteiger partial charge in [0.1, 0.15) is 0 Å². The molecule has 1 heterocycles. The zero-order chi connectivity index (χ0) is 19.6. The minimum atomic E-state index is -0.703. The number of unbranched alkanes of at least 4 members (excludes halogenated alkanes) is 14. The first-order valence-corrected chi connectivity index (χ1v) is 11.0. The third kappa shape index (κ3) is 13.3. The number of furan rings is 1. The monoisotopic (exact) mass is 378 g/mol. The molecule has 0 aliphatic carbocycles. The zero-order valence-corrected chi connectivity index (χ0v) is 17.2. The molecule has 0 amide bonds. The van der Waals surface area contributed by atoms with Crippen LogP contribution in [0.25, 0.3) is 0 Å². The quantitative estimate of drug-likeness (QED) is 0.163. The highest BCUT2D eigenvalue weighted by Crippen LogP contribution is 2.14. The molecule has 0 fully saturated rings. The number of esters is 2. The summed E-state index contributed by atoms with van der Waals surface area (Å²) in [6.45, 7) is 2.26. The molecule has 0 radical (unpaired) electrons. The lowest BCUT2D eigenvalue weighted by atomic mass is 10.0. The Morgan fingerprint density at radius 2 is 1.26 bits per heavy atom. The van der Waals surface area contributed by atoms with Gasteiger partial charge in [-0.2, -0.15) is 0 Å². The van der Waals surface area contributed by atoms with Crippen LogP contribution >= 0.6 is 0 Å². The molecular weight excluding hydrogens is 340 g/mol. The van der Waals surface area contributed by atoms with Crippen molar-refractivity contribution in [3.8, 4) is 0 Å². The van der Waals surface area contributed by atoms with Crippen molar-refractivity contribution < 1.29 is 18.7 Å². The van der Waals surface area contributed by atoms with Gasteiger partial charge in [0.05, 0.1) is 6.26 Å². The van der Waals surface area contributed by atoms with E-state index in [0.29, 0.717) is 6.42 Å². The Bertz CT molecular complexity index is 479. The smallest absolute Gasteiger partial charge is 0.381 e. The molecule has 0 aliphatic rings. The molecule has 1 rings (SSSR count). The lowest BCUT2D eigenvalue weighted by Crippen LogP contribution is -2.11. The SMILES string of the molecule is CCCCCCCCCCCCCCCCCC(=O)OC(=O)c1ccco1. The molecular formula is C23H38O4. The highest BCUT2D eigenvalue weighted by atomic mass is 16.6. The number of carbonyl (C=O) groups is 2. The van der Waals surface area contributed by atoms with E-state index in [1.807, 2.05) is 0 Å². The van der Waals surface area contributed by atoms with Gasteiger partial charge in [-0.25, -0.2) is 4.79 Å². The van der Waals surface area contributed by atoms with Gasteiger partial charge in [-0.1, -0.05) is 96.8 Å².